The lowest BCUT2D eigenvalue weighted by atomic mass is 9.91. The van der Waals surface area contributed by atoms with Crippen molar-refractivity contribution in [3.8, 4) is 0 Å². The van der Waals surface area contributed by atoms with Crippen molar-refractivity contribution in [2.24, 2.45) is 0 Å². The van der Waals surface area contributed by atoms with Crippen LogP contribution < -0.4 is 10.2 Å². The molecule has 1 heterocycles. The van der Waals surface area contributed by atoms with Gasteiger partial charge in [-0.25, -0.2) is 0 Å². The van der Waals surface area contributed by atoms with Crippen molar-refractivity contribution in [2.75, 3.05) is 10.2 Å². The number of hydrogen-bond donors (Lipinski definition) is 1. The second-order valence-electron chi connectivity index (χ2n) is 6.57. The molecule has 0 saturated heterocycles. The number of carbonyl (C=O) groups is 1. The molecule has 0 aromatic heterocycles. The van der Waals surface area contributed by atoms with Gasteiger partial charge in [-0.1, -0.05) is 49.7 Å². The highest BCUT2D eigenvalue weighted by molar-refractivity contribution is 5.95. The molecule has 1 amide bonds. The third-order valence-electron chi connectivity index (χ3n) is 4.72. The van der Waals surface area contributed by atoms with Gasteiger partial charge in [-0.3, -0.25) is 4.79 Å². The summed E-state index contributed by atoms with van der Waals surface area (Å²) in [5.74, 6) is 0.245. The van der Waals surface area contributed by atoms with E-state index in [0.717, 1.165) is 30.6 Å². The van der Waals surface area contributed by atoms with Gasteiger partial charge >= 0.3 is 0 Å². The zero-order valence-corrected chi connectivity index (χ0v) is 14.5. The summed E-state index contributed by atoms with van der Waals surface area (Å²) >= 11 is 0. The summed E-state index contributed by atoms with van der Waals surface area (Å²) < 4.78 is 0. The van der Waals surface area contributed by atoms with E-state index in [2.05, 4.69) is 49.5 Å². The number of amides is 1. The Balaban J connectivity index is 1.88. The SMILES string of the molecule is CCCCC(=O)N1c2ccccc2[C@@H](Nc2ccccc2)C[C@H]1C. The van der Waals surface area contributed by atoms with E-state index in [1.165, 1.54) is 5.56 Å². The van der Waals surface area contributed by atoms with Gasteiger partial charge in [-0.15, -0.1) is 0 Å². The van der Waals surface area contributed by atoms with Crippen LogP contribution in [-0.4, -0.2) is 11.9 Å². The van der Waals surface area contributed by atoms with Gasteiger partial charge in [0.15, 0.2) is 0 Å². The Hall–Kier alpha value is -2.29. The molecule has 1 aliphatic heterocycles. The highest BCUT2D eigenvalue weighted by Crippen LogP contribution is 2.39. The normalized spacial score (nSPS) is 19.7. The van der Waals surface area contributed by atoms with Gasteiger partial charge in [-0.05, 0) is 43.5 Å². The molecule has 0 unspecified atom stereocenters. The molecule has 3 nitrogen and oxygen atoms in total. The Morgan fingerprint density at radius 2 is 1.83 bits per heavy atom. The summed E-state index contributed by atoms with van der Waals surface area (Å²) in [5.41, 5.74) is 3.39. The first-order chi connectivity index (χ1) is 11.7. The quantitative estimate of drug-likeness (QED) is 0.825. The Bertz CT molecular complexity index is 683. The maximum Gasteiger partial charge on any atom is 0.227 e. The van der Waals surface area contributed by atoms with Crippen molar-refractivity contribution in [3.05, 3.63) is 60.2 Å². The van der Waals surface area contributed by atoms with Crippen molar-refractivity contribution < 1.29 is 4.79 Å². The third kappa shape index (κ3) is 3.45. The smallest absolute Gasteiger partial charge is 0.227 e. The van der Waals surface area contributed by atoms with Crippen molar-refractivity contribution in [1.82, 2.24) is 0 Å². The zero-order valence-electron chi connectivity index (χ0n) is 14.5. The van der Waals surface area contributed by atoms with Crippen LogP contribution in [0.4, 0.5) is 11.4 Å². The molecule has 0 spiro atoms. The Morgan fingerprint density at radius 3 is 2.58 bits per heavy atom. The van der Waals surface area contributed by atoms with E-state index in [0.29, 0.717) is 6.42 Å². The van der Waals surface area contributed by atoms with E-state index < -0.39 is 0 Å². The maximum atomic E-state index is 12.7. The van der Waals surface area contributed by atoms with Gasteiger partial charge in [0.05, 0.1) is 6.04 Å². The fraction of sp³-hybridized carbons (Fsp3) is 0.381. The van der Waals surface area contributed by atoms with Crippen LogP contribution in [0, 0.1) is 0 Å². The first-order valence-electron chi connectivity index (χ1n) is 8.93. The second kappa shape index (κ2) is 7.52. The number of unbranched alkanes of at least 4 members (excludes halogenated alkanes) is 1. The molecule has 2 aromatic carbocycles. The number of fused-ring (bicyclic) bond motifs is 1. The summed E-state index contributed by atoms with van der Waals surface area (Å²) in [4.78, 5) is 14.7. The molecule has 2 aromatic rings. The number of nitrogens with zero attached hydrogens (tertiary/aromatic N) is 1. The minimum Gasteiger partial charge on any atom is -0.378 e. The molecule has 2 atom stereocenters. The zero-order chi connectivity index (χ0) is 16.9. The number of nitrogens with one attached hydrogen (secondary N) is 1. The van der Waals surface area contributed by atoms with Crippen molar-refractivity contribution in [3.63, 3.8) is 0 Å². The number of benzene rings is 2. The molecule has 0 aliphatic carbocycles. The molecule has 3 rings (SSSR count). The molecule has 0 fully saturated rings. The van der Waals surface area contributed by atoms with Crippen LogP contribution in [0.1, 0.15) is 51.1 Å². The molecule has 1 N–H and O–H groups in total. The maximum absolute atomic E-state index is 12.7. The lowest BCUT2D eigenvalue weighted by Gasteiger charge is -2.40. The molecule has 126 valence electrons. The van der Waals surface area contributed by atoms with E-state index in [9.17, 15) is 4.79 Å². The average molecular weight is 322 g/mol. The van der Waals surface area contributed by atoms with E-state index in [4.69, 9.17) is 0 Å². The summed E-state index contributed by atoms with van der Waals surface area (Å²) in [7, 11) is 0. The number of rotatable bonds is 5. The molecular formula is C21H26N2O. The van der Waals surface area contributed by atoms with E-state index in [1.807, 2.05) is 29.2 Å². The van der Waals surface area contributed by atoms with Crippen LogP contribution in [0.3, 0.4) is 0 Å². The van der Waals surface area contributed by atoms with Crippen LogP contribution in [0.15, 0.2) is 54.6 Å². The molecule has 0 bridgehead atoms. The van der Waals surface area contributed by atoms with Crippen molar-refractivity contribution in [2.45, 2.75) is 51.6 Å². The first-order valence-corrected chi connectivity index (χ1v) is 8.93. The molecular weight excluding hydrogens is 296 g/mol. The van der Waals surface area contributed by atoms with Crippen molar-refractivity contribution in [1.29, 1.82) is 0 Å². The fourth-order valence-corrected chi connectivity index (χ4v) is 3.51. The van der Waals surface area contributed by atoms with Crippen LogP contribution in [0.2, 0.25) is 0 Å². The molecule has 3 heteroatoms. The lowest BCUT2D eigenvalue weighted by Crippen LogP contribution is -2.44. The van der Waals surface area contributed by atoms with Gasteiger partial charge in [0.1, 0.15) is 0 Å². The van der Waals surface area contributed by atoms with E-state index >= 15 is 0 Å². The molecule has 1 aliphatic rings. The van der Waals surface area contributed by atoms with Gasteiger partial charge in [0.2, 0.25) is 5.91 Å². The van der Waals surface area contributed by atoms with Crippen LogP contribution in [-0.2, 0) is 4.79 Å². The van der Waals surface area contributed by atoms with Crippen LogP contribution >= 0.6 is 0 Å². The largest absolute Gasteiger partial charge is 0.378 e. The number of carbonyl (C=O) groups excluding carboxylic acids is 1. The Morgan fingerprint density at radius 1 is 1.12 bits per heavy atom. The van der Waals surface area contributed by atoms with Crippen LogP contribution in [0.25, 0.3) is 0 Å². The van der Waals surface area contributed by atoms with E-state index in [-0.39, 0.29) is 18.0 Å². The lowest BCUT2D eigenvalue weighted by molar-refractivity contribution is -0.119. The van der Waals surface area contributed by atoms with E-state index in [1.54, 1.807) is 0 Å². The Kier molecular flexibility index (Phi) is 5.19. The monoisotopic (exact) mass is 322 g/mol. The summed E-state index contributed by atoms with van der Waals surface area (Å²) in [6.45, 7) is 4.28. The second-order valence-corrected chi connectivity index (χ2v) is 6.57. The summed E-state index contributed by atoms with van der Waals surface area (Å²) in [5, 5.41) is 3.63. The predicted octanol–water partition coefficient (Wildman–Crippen LogP) is 5.16. The average Bonchev–Trinajstić information content (AvgIpc) is 2.61. The number of para-hydroxylation sites is 2. The van der Waals surface area contributed by atoms with Crippen LogP contribution in [0.5, 0.6) is 0 Å². The summed E-state index contributed by atoms with van der Waals surface area (Å²) in [6.07, 6.45) is 3.55. The number of hydrogen-bond acceptors (Lipinski definition) is 2. The highest BCUT2D eigenvalue weighted by atomic mass is 16.2. The minimum atomic E-state index is 0.200. The molecule has 0 saturated carbocycles. The fourth-order valence-electron chi connectivity index (χ4n) is 3.51. The Labute approximate surface area is 144 Å². The summed E-state index contributed by atoms with van der Waals surface area (Å²) in [6, 6.07) is 19.0. The van der Waals surface area contributed by atoms with Gasteiger partial charge in [0.25, 0.3) is 0 Å². The van der Waals surface area contributed by atoms with Crippen molar-refractivity contribution >= 4 is 17.3 Å². The molecule has 24 heavy (non-hydrogen) atoms. The van der Waals surface area contributed by atoms with Gasteiger partial charge in [0, 0.05) is 23.8 Å². The molecule has 0 radical (unpaired) electrons. The topological polar surface area (TPSA) is 32.3 Å². The number of anilines is 2. The standard InChI is InChI=1S/C21H26N2O/c1-3-4-14-21(24)23-16(2)15-19(18-12-8-9-13-20(18)23)22-17-10-6-5-7-11-17/h5-13,16,19,22H,3-4,14-15H2,1-2H3/t16-,19+/m1/s1. The third-order valence-corrected chi connectivity index (χ3v) is 4.72. The predicted molar refractivity (Wildman–Crippen MR) is 100 cm³/mol. The van der Waals surface area contributed by atoms with Gasteiger partial charge in [-0.2, -0.15) is 0 Å². The first kappa shape index (κ1) is 16.6. The minimum absolute atomic E-state index is 0.200. The van der Waals surface area contributed by atoms with Gasteiger partial charge < -0.3 is 10.2 Å². The highest BCUT2D eigenvalue weighted by Gasteiger charge is 2.33.